The summed E-state index contributed by atoms with van der Waals surface area (Å²) in [6.45, 7) is 5.24. The Morgan fingerprint density at radius 2 is 1.82 bits per heavy atom. The molecular weight excluding hydrogens is 272 g/mol. The van der Waals surface area contributed by atoms with Gasteiger partial charge in [-0.2, -0.15) is 0 Å². The highest BCUT2D eigenvalue weighted by atomic mass is 16.2. The lowest BCUT2D eigenvalue weighted by molar-refractivity contribution is -0.138. The number of hydrogen-bond donors (Lipinski definition) is 0. The van der Waals surface area contributed by atoms with Gasteiger partial charge in [-0.3, -0.25) is 4.79 Å². The van der Waals surface area contributed by atoms with Crippen LogP contribution in [0.25, 0.3) is 0 Å². The Labute approximate surface area is 134 Å². The molecule has 0 unspecified atom stereocenters. The molecule has 0 atom stereocenters. The second-order valence-electron chi connectivity index (χ2n) is 6.74. The van der Waals surface area contributed by atoms with E-state index >= 15 is 0 Å². The lowest BCUT2D eigenvalue weighted by Crippen LogP contribution is -2.41. The monoisotopic (exact) mass is 300 g/mol. The van der Waals surface area contributed by atoms with E-state index in [0.29, 0.717) is 11.8 Å². The second-order valence-corrected chi connectivity index (χ2v) is 6.74. The molecular formula is C19H28N2O. The summed E-state index contributed by atoms with van der Waals surface area (Å²) in [7, 11) is 0. The Kier molecular flexibility index (Phi) is 5.49. The van der Waals surface area contributed by atoms with Gasteiger partial charge >= 0.3 is 0 Å². The molecule has 3 nitrogen and oxygen atoms in total. The molecule has 1 aromatic carbocycles. The first-order valence-electron chi connectivity index (χ1n) is 8.88. The molecule has 1 aromatic rings. The van der Waals surface area contributed by atoms with Crippen LogP contribution in [-0.4, -0.2) is 48.4 Å². The summed E-state index contributed by atoms with van der Waals surface area (Å²) in [6, 6.07) is 10.7. The van der Waals surface area contributed by atoms with Crippen LogP contribution < -0.4 is 0 Å². The Morgan fingerprint density at radius 3 is 2.55 bits per heavy atom. The maximum atomic E-state index is 12.3. The zero-order chi connectivity index (χ0) is 15.2. The topological polar surface area (TPSA) is 23.6 Å². The number of nitrogens with zero attached hydrogens (tertiary/aromatic N) is 2. The number of rotatable bonds is 5. The normalized spacial score (nSPS) is 20.5. The van der Waals surface area contributed by atoms with Crippen molar-refractivity contribution < 1.29 is 4.79 Å². The molecule has 1 aliphatic carbocycles. The fraction of sp³-hybridized carbons (Fsp3) is 0.632. The third kappa shape index (κ3) is 4.10. The van der Waals surface area contributed by atoms with Crippen molar-refractivity contribution in [3.63, 3.8) is 0 Å². The van der Waals surface area contributed by atoms with Crippen molar-refractivity contribution in [1.29, 1.82) is 0 Å². The van der Waals surface area contributed by atoms with E-state index in [1.165, 1.54) is 18.4 Å². The number of benzene rings is 1. The lowest BCUT2D eigenvalue weighted by atomic mass is 9.84. The van der Waals surface area contributed by atoms with Crippen LogP contribution in [0.5, 0.6) is 0 Å². The molecule has 0 bridgehead atoms. The van der Waals surface area contributed by atoms with Crippen LogP contribution in [0, 0.1) is 5.92 Å². The number of aryl methyl sites for hydroxylation is 1. The quantitative estimate of drug-likeness (QED) is 0.834. The molecule has 0 spiro atoms. The minimum atomic E-state index is 0.352. The fourth-order valence-electron chi connectivity index (χ4n) is 3.48. The average Bonchev–Trinajstić information content (AvgIpc) is 2.72. The van der Waals surface area contributed by atoms with E-state index in [4.69, 9.17) is 0 Å². The highest BCUT2D eigenvalue weighted by Gasteiger charge is 2.30. The van der Waals surface area contributed by atoms with E-state index in [0.717, 1.165) is 58.4 Å². The number of amides is 1. The summed E-state index contributed by atoms with van der Waals surface area (Å²) >= 11 is 0. The van der Waals surface area contributed by atoms with Crippen molar-refractivity contribution in [3.8, 4) is 0 Å². The maximum absolute atomic E-state index is 12.3. The maximum Gasteiger partial charge on any atom is 0.225 e. The molecule has 0 aromatic heterocycles. The van der Waals surface area contributed by atoms with Gasteiger partial charge in [-0.1, -0.05) is 36.8 Å². The summed E-state index contributed by atoms with van der Waals surface area (Å²) in [4.78, 5) is 17.0. The smallest absolute Gasteiger partial charge is 0.225 e. The summed E-state index contributed by atoms with van der Waals surface area (Å²) in [5.41, 5.74) is 1.43. The predicted octanol–water partition coefficient (Wildman–Crippen LogP) is 2.95. The highest BCUT2D eigenvalue weighted by molar-refractivity contribution is 5.79. The van der Waals surface area contributed by atoms with Gasteiger partial charge in [0.1, 0.15) is 0 Å². The van der Waals surface area contributed by atoms with Crippen molar-refractivity contribution in [2.45, 2.75) is 38.5 Å². The second kappa shape index (κ2) is 7.77. The third-order valence-corrected chi connectivity index (χ3v) is 5.14. The largest absolute Gasteiger partial charge is 0.341 e. The van der Waals surface area contributed by atoms with Crippen molar-refractivity contribution in [2.75, 3.05) is 32.7 Å². The van der Waals surface area contributed by atoms with Crippen LogP contribution in [0.15, 0.2) is 30.3 Å². The Bertz CT molecular complexity index is 470. The van der Waals surface area contributed by atoms with Gasteiger partial charge in [0, 0.05) is 25.6 Å². The molecule has 2 aliphatic rings. The van der Waals surface area contributed by atoms with Gasteiger partial charge in [0.2, 0.25) is 5.91 Å². The summed E-state index contributed by atoms with van der Waals surface area (Å²) in [5.74, 6) is 0.780. The molecule has 120 valence electrons. The first-order valence-corrected chi connectivity index (χ1v) is 8.88. The van der Waals surface area contributed by atoms with Gasteiger partial charge in [-0.05, 0) is 50.8 Å². The number of carbonyl (C=O) groups excluding carboxylic acids is 1. The summed E-state index contributed by atoms with van der Waals surface area (Å²) in [5, 5.41) is 0. The molecule has 1 saturated heterocycles. The predicted molar refractivity (Wildman–Crippen MR) is 89.7 cm³/mol. The van der Waals surface area contributed by atoms with Crippen LogP contribution >= 0.6 is 0 Å². The minimum absolute atomic E-state index is 0.352. The van der Waals surface area contributed by atoms with Gasteiger partial charge in [0.15, 0.2) is 0 Å². The number of hydrogen-bond acceptors (Lipinski definition) is 2. The van der Waals surface area contributed by atoms with E-state index in [2.05, 4.69) is 40.1 Å². The van der Waals surface area contributed by atoms with E-state index in [1.807, 2.05) is 0 Å². The van der Waals surface area contributed by atoms with E-state index < -0.39 is 0 Å². The van der Waals surface area contributed by atoms with Crippen molar-refractivity contribution in [3.05, 3.63) is 35.9 Å². The molecule has 3 heteroatoms. The van der Waals surface area contributed by atoms with Crippen LogP contribution in [-0.2, 0) is 11.2 Å². The number of carbonyl (C=O) groups is 1. The molecule has 1 saturated carbocycles. The van der Waals surface area contributed by atoms with Crippen molar-refractivity contribution in [2.24, 2.45) is 5.92 Å². The molecule has 1 amide bonds. The average molecular weight is 300 g/mol. The highest BCUT2D eigenvalue weighted by Crippen LogP contribution is 2.28. The van der Waals surface area contributed by atoms with Gasteiger partial charge in [-0.25, -0.2) is 0 Å². The lowest BCUT2D eigenvalue weighted by Gasteiger charge is -2.31. The van der Waals surface area contributed by atoms with Crippen LogP contribution in [0.2, 0.25) is 0 Å². The fourth-order valence-corrected chi connectivity index (χ4v) is 3.48. The minimum Gasteiger partial charge on any atom is -0.341 e. The van der Waals surface area contributed by atoms with Gasteiger partial charge in [-0.15, -0.1) is 0 Å². The Morgan fingerprint density at radius 1 is 1.00 bits per heavy atom. The summed E-state index contributed by atoms with van der Waals surface area (Å²) < 4.78 is 0. The van der Waals surface area contributed by atoms with E-state index in [9.17, 15) is 4.79 Å². The van der Waals surface area contributed by atoms with Crippen molar-refractivity contribution >= 4 is 5.91 Å². The zero-order valence-electron chi connectivity index (χ0n) is 13.5. The Hall–Kier alpha value is -1.35. The van der Waals surface area contributed by atoms with Crippen LogP contribution in [0.4, 0.5) is 0 Å². The molecule has 0 N–H and O–H groups in total. The molecule has 2 fully saturated rings. The SMILES string of the molecule is O=C(C1CCC1)N1CCCN(CCCc2ccccc2)CC1. The van der Waals surface area contributed by atoms with Crippen LogP contribution in [0.1, 0.15) is 37.7 Å². The van der Waals surface area contributed by atoms with Gasteiger partial charge in [0.05, 0.1) is 0 Å². The van der Waals surface area contributed by atoms with Crippen molar-refractivity contribution in [1.82, 2.24) is 9.80 Å². The first-order chi connectivity index (χ1) is 10.8. The first kappa shape index (κ1) is 15.5. The van der Waals surface area contributed by atoms with E-state index in [1.54, 1.807) is 0 Å². The molecule has 1 aliphatic heterocycles. The molecule has 3 rings (SSSR count). The Balaban J connectivity index is 1.39. The standard InChI is InChI=1S/C19H28N2O/c22-19(18-10-4-11-18)21-14-6-13-20(15-16-21)12-5-9-17-7-2-1-3-8-17/h1-3,7-8,18H,4-6,9-16H2. The van der Waals surface area contributed by atoms with Gasteiger partial charge < -0.3 is 9.80 Å². The molecule has 22 heavy (non-hydrogen) atoms. The van der Waals surface area contributed by atoms with E-state index in [-0.39, 0.29) is 0 Å². The molecule has 1 heterocycles. The van der Waals surface area contributed by atoms with Gasteiger partial charge in [0.25, 0.3) is 0 Å². The summed E-state index contributed by atoms with van der Waals surface area (Å²) in [6.07, 6.45) is 6.98. The third-order valence-electron chi connectivity index (χ3n) is 5.14. The molecule has 0 radical (unpaired) electrons. The van der Waals surface area contributed by atoms with Crippen LogP contribution in [0.3, 0.4) is 0 Å². The zero-order valence-corrected chi connectivity index (χ0v) is 13.5.